The minimum Gasteiger partial charge on any atom is -0.540 e. The molecule has 1 heterocycles. The summed E-state index contributed by atoms with van der Waals surface area (Å²) in [5.41, 5.74) is 0. The molecule has 0 spiro atoms. The summed E-state index contributed by atoms with van der Waals surface area (Å²) >= 11 is 0. The van der Waals surface area contributed by atoms with Crippen LogP contribution in [-0.2, 0) is 37.5 Å². The maximum absolute atomic E-state index is 11.3. The second-order valence-electron chi connectivity index (χ2n) is 6.38. The average Bonchev–Trinajstić information content (AvgIpc) is 2.58. The van der Waals surface area contributed by atoms with E-state index < -0.39 is 0 Å². The van der Waals surface area contributed by atoms with Crippen LogP contribution in [0.1, 0.15) is 34.1 Å². The second kappa shape index (κ2) is 14.7. The number of hydrogen-bond donors (Lipinski definition) is 0. The molecule has 24 heavy (non-hydrogen) atoms. The predicted octanol–water partition coefficient (Wildman–Crippen LogP) is 1.15. The zero-order valence-corrected chi connectivity index (χ0v) is 19.2. The first-order valence-electron chi connectivity index (χ1n) is 9.47. The third-order valence-electron chi connectivity index (χ3n) is 5.18. The molecule has 139 valence electrons. The van der Waals surface area contributed by atoms with Gasteiger partial charge in [-0.3, -0.25) is 0 Å². The van der Waals surface area contributed by atoms with Crippen molar-refractivity contribution >= 4 is 6.29 Å². The molecule has 1 rings (SSSR count). The van der Waals surface area contributed by atoms with Gasteiger partial charge in [-0.15, -0.1) is 0 Å². The van der Waals surface area contributed by atoms with E-state index >= 15 is 0 Å². The molecule has 0 aromatic carbocycles. The first-order chi connectivity index (χ1) is 11.2. The summed E-state index contributed by atoms with van der Waals surface area (Å²) in [6.45, 7) is 20.6. The van der Waals surface area contributed by atoms with Gasteiger partial charge in [0.15, 0.2) is 0 Å². The number of rotatable bonds is 6. The summed E-state index contributed by atoms with van der Waals surface area (Å²) in [6, 6.07) is -0.0532. The molecule has 5 nitrogen and oxygen atoms in total. The average molecular weight is 414 g/mol. The Balaban J connectivity index is 0.00000529. The molecule has 1 atom stereocenters. The van der Waals surface area contributed by atoms with Crippen LogP contribution in [0.25, 0.3) is 0 Å². The van der Waals surface area contributed by atoms with Crippen LogP contribution in [-0.4, -0.2) is 104 Å². The quantitative estimate of drug-likeness (QED) is 0.609. The Hall–Kier alpha value is 0.614. The number of nitrogens with zero attached hydrogens (tertiary/aromatic N) is 4. The van der Waals surface area contributed by atoms with Crippen LogP contribution in [0.3, 0.4) is 0 Å². The molecule has 1 unspecified atom stereocenters. The number of likely N-dealkylation sites (N-methyl/N-ethyl adjacent to an activating group) is 3. The Morgan fingerprint density at radius 3 is 1.29 bits per heavy atom. The normalized spacial score (nSPS) is 22.2. The van der Waals surface area contributed by atoms with Crippen molar-refractivity contribution in [3.8, 4) is 0 Å². The topological polar surface area (TPSA) is 30.0 Å². The second-order valence-corrected chi connectivity index (χ2v) is 6.38. The zero-order chi connectivity index (χ0) is 17.1. The SMILES string of the molecule is CCC([C-]=O)N1CCN(CC)CCN(CC)CCN(CC)CC1.[Y]. The van der Waals surface area contributed by atoms with Crippen molar-refractivity contribution in [1.82, 2.24) is 19.6 Å². The van der Waals surface area contributed by atoms with Crippen molar-refractivity contribution in [3.05, 3.63) is 0 Å². The van der Waals surface area contributed by atoms with E-state index in [1.165, 1.54) is 0 Å². The summed E-state index contributed by atoms with van der Waals surface area (Å²) in [4.78, 5) is 21.2. The standard InChI is InChI=1S/C18H37N4O.Y/c1-5-18(17-23)22-15-13-20(7-3)11-9-19(6-2)10-12-21(8-4)14-16-22;/h18H,5-16H2,1-4H3;/q-1;. The molecule has 1 fully saturated rings. The van der Waals surface area contributed by atoms with Crippen LogP contribution in [0, 0.1) is 0 Å². The smallest absolute Gasteiger partial charge is 0.0110 e. The molecule has 0 aromatic heterocycles. The Kier molecular flexibility index (Phi) is 15.1. The van der Waals surface area contributed by atoms with Crippen LogP contribution in [0.4, 0.5) is 0 Å². The van der Waals surface area contributed by atoms with Crippen molar-refractivity contribution in [1.29, 1.82) is 0 Å². The van der Waals surface area contributed by atoms with E-state index in [1.807, 2.05) is 0 Å². The summed E-state index contributed by atoms with van der Waals surface area (Å²) < 4.78 is 0. The molecule has 1 aliphatic rings. The zero-order valence-electron chi connectivity index (χ0n) is 16.3. The molecule has 1 saturated heterocycles. The monoisotopic (exact) mass is 414 g/mol. The van der Waals surface area contributed by atoms with E-state index in [-0.39, 0.29) is 38.8 Å². The van der Waals surface area contributed by atoms with E-state index in [0.29, 0.717) is 0 Å². The van der Waals surface area contributed by atoms with Crippen LogP contribution >= 0.6 is 0 Å². The molecule has 0 N–H and O–H groups in total. The third kappa shape index (κ3) is 8.82. The van der Waals surface area contributed by atoms with E-state index in [2.05, 4.69) is 53.6 Å². The Bertz CT molecular complexity index is 299. The fraction of sp³-hybridized carbons (Fsp3) is 0.944. The van der Waals surface area contributed by atoms with Crippen molar-refractivity contribution in [3.63, 3.8) is 0 Å². The number of carbonyl (C=O) groups excluding carboxylic acids is 1. The van der Waals surface area contributed by atoms with Gasteiger partial charge in [-0.05, 0) is 19.6 Å². The minimum atomic E-state index is -0.0532. The van der Waals surface area contributed by atoms with E-state index in [9.17, 15) is 4.79 Å². The Morgan fingerprint density at radius 1 is 0.708 bits per heavy atom. The first-order valence-corrected chi connectivity index (χ1v) is 9.47. The van der Waals surface area contributed by atoms with Crippen LogP contribution < -0.4 is 0 Å². The van der Waals surface area contributed by atoms with Gasteiger partial charge in [0.25, 0.3) is 0 Å². The predicted molar refractivity (Wildman–Crippen MR) is 97.7 cm³/mol. The van der Waals surface area contributed by atoms with Crippen LogP contribution in [0.2, 0.25) is 0 Å². The summed E-state index contributed by atoms with van der Waals surface area (Å²) in [7, 11) is 0. The maximum Gasteiger partial charge on any atom is 0.0110 e. The van der Waals surface area contributed by atoms with Gasteiger partial charge in [-0.2, -0.15) is 0 Å². The fourth-order valence-electron chi connectivity index (χ4n) is 3.23. The van der Waals surface area contributed by atoms with Gasteiger partial charge in [0.05, 0.1) is 0 Å². The molecular weight excluding hydrogens is 377 g/mol. The largest absolute Gasteiger partial charge is 0.540 e. The van der Waals surface area contributed by atoms with E-state index in [4.69, 9.17) is 0 Å². The molecule has 0 amide bonds. The fourth-order valence-corrected chi connectivity index (χ4v) is 3.23. The molecular formula is C18H37N4OY-. The molecule has 0 aliphatic carbocycles. The molecule has 0 aromatic rings. The Morgan fingerprint density at radius 2 is 1.04 bits per heavy atom. The van der Waals surface area contributed by atoms with Gasteiger partial charge in [0.2, 0.25) is 0 Å². The molecule has 1 aliphatic heterocycles. The van der Waals surface area contributed by atoms with Gasteiger partial charge in [0.1, 0.15) is 0 Å². The summed E-state index contributed by atoms with van der Waals surface area (Å²) in [5.74, 6) is 0. The minimum absolute atomic E-state index is 0. The Labute approximate surface area is 175 Å². The van der Waals surface area contributed by atoms with E-state index in [1.54, 1.807) is 0 Å². The van der Waals surface area contributed by atoms with Gasteiger partial charge in [0, 0.05) is 85.1 Å². The van der Waals surface area contributed by atoms with Gasteiger partial charge in [-0.1, -0.05) is 40.2 Å². The van der Waals surface area contributed by atoms with Gasteiger partial charge >= 0.3 is 0 Å². The van der Waals surface area contributed by atoms with Crippen LogP contribution in [0.15, 0.2) is 0 Å². The molecule has 0 bridgehead atoms. The van der Waals surface area contributed by atoms with Crippen molar-refractivity contribution < 1.29 is 37.5 Å². The van der Waals surface area contributed by atoms with Gasteiger partial charge in [-0.25, -0.2) is 6.29 Å². The van der Waals surface area contributed by atoms with E-state index in [0.717, 1.165) is 78.4 Å². The summed E-state index contributed by atoms with van der Waals surface area (Å²) in [6.07, 6.45) is 3.10. The molecule has 6 heteroatoms. The molecule has 0 saturated carbocycles. The summed E-state index contributed by atoms with van der Waals surface area (Å²) in [5, 5.41) is 0. The maximum atomic E-state index is 11.3. The van der Waals surface area contributed by atoms with Crippen molar-refractivity contribution in [2.45, 2.75) is 40.2 Å². The third-order valence-corrected chi connectivity index (χ3v) is 5.18. The first kappa shape index (κ1) is 24.6. The van der Waals surface area contributed by atoms with Gasteiger partial charge < -0.3 is 24.4 Å². The van der Waals surface area contributed by atoms with Crippen molar-refractivity contribution in [2.75, 3.05) is 72.0 Å². The number of hydrogen-bond acceptors (Lipinski definition) is 5. The molecule has 1 radical (unpaired) electrons. The van der Waals surface area contributed by atoms with Crippen LogP contribution in [0.5, 0.6) is 0 Å². The van der Waals surface area contributed by atoms with Crippen molar-refractivity contribution in [2.24, 2.45) is 0 Å².